The maximum absolute atomic E-state index is 13.7. The Labute approximate surface area is 235 Å². The molecule has 0 saturated carbocycles. The van der Waals surface area contributed by atoms with Gasteiger partial charge in [-0.25, -0.2) is 0 Å². The first-order chi connectivity index (χ1) is 18.6. The Hall–Kier alpha value is -0.731. The molecule has 0 aromatic carbocycles. The van der Waals surface area contributed by atoms with Gasteiger partial charge in [0.1, 0.15) is 0 Å². The summed E-state index contributed by atoms with van der Waals surface area (Å²) in [5.41, 5.74) is 0. The van der Waals surface area contributed by atoms with Crippen molar-refractivity contribution < 1.29 is 114 Å². The van der Waals surface area contributed by atoms with Crippen LogP contribution in [0.1, 0.15) is 12.8 Å². The molecule has 0 heterocycles. The van der Waals surface area contributed by atoms with Crippen LogP contribution in [0, 0.1) is 0 Å². The number of hydrogen-bond acceptors (Lipinski definition) is 0. The van der Waals surface area contributed by atoms with E-state index in [0.717, 1.165) is 0 Å². The Morgan fingerprint density at radius 1 is 0.295 bits per heavy atom. The van der Waals surface area contributed by atoms with Crippen LogP contribution < -0.4 is 0 Å². The standard InChI is InChI=1S/2C8H4F13.ClH.Sn/c2*1-2-3(9,10)4(11,12)5(13,14)6(15,16)7(17,18)8(19,20)21;;/h2*1-2H2;1H;/q;;;+1/p-1. The Morgan fingerprint density at radius 3 is 0.659 bits per heavy atom. The topological polar surface area (TPSA) is 0 Å². The molecule has 0 spiro atoms. The fourth-order valence-corrected chi connectivity index (χ4v) is 7.95. The van der Waals surface area contributed by atoms with E-state index in [1.54, 1.807) is 0 Å². The van der Waals surface area contributed by atoms with Crippen LogP contribution in [0.5, 0.6) is 0 Å². The molecule has 0 atom stereocenters. The molecule has 0 amide bonds. The molecule has 0 rings (SSSR count). The van der Waals surface area contributed by atoms with E-state index in [-0.39, 0.29) is 0 Å². The zero-order valence-corrected chi connectivity index (χ0v) is 23.1. The van der Waals surface area contributed by atoms with Crippen LogP contribution >= 0.6 is 8.92 Å². The van der Waals surface area contributed by atoms with Gasteiger partial charge in [0.25, 0.3) is 0 Å². The van der Waals surface area contributed by atoms with E-state index in [1.165, 1.54) is 0 Å². The van der Waals surface area contributed by atoms with Crippen LogP contribution in [0.3, 0.4) is 0 Å². The molecule has 0 fully saturated rings. The predicted molar refractivity (Wildman–Crippen MR) is 92.0 cm³/mol. The van der Waals surface area contributed by atoms with Gasteiger partial charge in [0.15, 0.2) is 0 Å². The van der Waals surface area contributed by atoms with Gasteiger partial charge in [0.2, 0.25) is 0 Å². The van der Waals surface area contributed by atoms with Gasteiger partial charge in [-0.1, -0.05) is 0 Å². The van der Waals surface area contributed by atoms with Crippen LogP contribution in [-0.4, -0.2) is 90.2 Å². The van der Waals surface area contributed by atoms with E-state index < -0.39 is 112 Å². The monoisotopic (exact) mass is 849 g/mol. The Morgan fingerprint density at radius 2 is 0.477 bits per heavy atom. The average Bonchev–Trinajstić information content (AvgIpc) is 2.78. The van der Waals surface area contributed by atoms with Gasteiger partial charge in [-0.05, 0) is 0 Å². The molecule has 1 radical (unpaired) electrons. The molecular formula is C16H8ClF26Sn. The zero-order chi connectivity index (χ0) is 36.4. The third-order valence-corrected chi connectivity index (χ3v) is 12.5. The van der Waals surface area contributed by atoms with Crippen LogP contribution in [-0.2, 0) is 0 Å². The minimum absolute atomic E-state index is 2.13. The van der Waals surface area contributed by atoms with E-state index >= 15 is 0 Å². The maximum atomic E-state index is 13.7. The third-order valence-electron chi connectivity index (χ3n) is 5.42. The summed E-state index contributed by atoms with van der Waals surface area (Å²) in [6, 6.07) is 0. The van der Waals surface area contributed by atoms with E-state index in [9.17, 15) is 114 Å². The van der Waals surface area contributed by atoms with Crippen molar-refractivity contribution in [1.29, 1.82) is 0 Å². The summed E-state index contributed by atoms with van der Waals surface area (Å²) >= 11 is -5.19. The number of alkyl halides is 26. The molecule has 0 saturated heterocycles. The molecule has 0 aromatic heterocycles. The molecule has 265 valence electrons. The second-order valence-electron chi connectivity index (χ2n) is 8.52. The SMILES string of the molecule is FC(F)(F)C(F)(F)C(F)(F)C(F)(F)C(F)(F)C(F)(F)C[CH2][Sn]([Cl])[CH2]CC(F)(F)C(F)(F)C(F)(F)C(F)(F)C(F)(F)C(F)(F)F. The molecule has 0 unspecified atom stereocenters. The van der Waals surface area contributed by atoms with E-state index in [4.69, 9.17) is 8.92 Å². The predicted octanol–water partition coefficient (Wildman–Crippen LogP) is 10.5. The molecular weight excluding hydrogens is 840 g/mol. The van der Waals surface area contributed by atoms with Gasteiger partial charge in [-0.15, -0.1) is 0 Å². The summed E-state index contributed by atoms with van der Waals surface area (Å²) in [5.74, 6) is -78.8. The van der Waals surface area contributed by atoms with Gasteiger partial charge in [-0.3, -0.25) is 0 Å². The van der Waals surface area contributed by atoms with Gasteiger partial charge in [0, 0.05) is 0 Å². The molecule has 0 N–H and O–H groups in total. The van der Waals surface area contributed by atoms with Crippen molar-refractivity contribution in [3.63, 3.8) is 0 Å². The van der Waals surface area contributed by atoms with Crippen molar-refractivity contribution >= 4 is 27.6 Å². The van der Waals surface area contributed by atoms with E-state index in [2.05, 4.69) is 0 Å². The summed E-state index contributed by atoms with van der Waals surface area (Å²) in [5, 5.41) is 0. The van der Waals surface area contributed by atoms with E-state index in [1.807, 2.05) is 0 Å². The van der Waals surface area contributed by atoms with Gasteiger partial charge in [-0.2, -0.15) is 0 Å². The summed E-state index contributed by atoms with van der Waals surface area (Å²) < 4.78 is 334. The van der Waals surface area contributed by atoms with Crippen LogP contribution in [0.15, 0.2) is 0 Å². The molecule has 0 aliphatic carbocycles. The van der Waals surface area contributed by atoms with Crippen LogP contribution in [0.25, 0.3) is 0 Å². The van der Waals surface area contributed by atoms with E-state index in [0.29, 0.717) is 0 Å². The van der Waals surface area contributed by atoms with Crippen molar-refractivity contribution in [2.24, 2.45) is 0 Å². The first-order valence-electron chi connectivity index (χ1n) is 10.0. The molecule has 0 aromatic rings. The normalized spacial score (nSPS) is 16.6. The third kappa shape index (κ3) is 6.53. The van der Waals surface area contributed by atoms with Crippen molar-refractivity contribution in [3.8, 4) is 0 Å². The molecule has 28 heteroatoms. The van der Waals surface area contributed by atoms with Crippen LogP contribution in [0.2, 0.25) is 8.87 Å². The number of rotatable bonds is 14. The van der Waals surface area contributed by atoms with Gasteiger partial charge < -0.3 is 0 Å². The van der Waals surface area contributed by atoms with Crippen molar-refractivity contribution in [3.05, 3.63) is 0 Å². The first-order valence-corrected chi connectivity index (χ1v) is 17.7. The Bertz CT molecular complexity index is 913. The molecule has 0 aliphatic rings. The zero-order valence-electron chi connectivity index (χ0n) is 19.5. The van der Waals surface area contributed by atoms with Crippen molar-refractivity contribution in [2.45, 2.75) is 93.3 Å². The minimum atomic E-state index is -8.32. The Kier molecular flexibility index (Phi) is 11.6. The van der Waals surface area contributed by atoms with Gasteiger partial charge >= 0.3 is 235 Å². The molecule has 44 heavy (non-hydrogen) atoms. The first kappa shape index (κ1) is 43.3. The second-order valence-corrected chi connectivity index (χ2v) is 17.9. The summed E-state index contributed by atoms with van der Waals surface area (Å²) in [6.45, 7) is 0. The number of hydrogen-bond donors (Lipinski definition) is 0. The summed E-state index contributed by atoms with van der Waals surface area (Å²) in [7, 11) is 5.10. The average molecular weight is 848 g/mol. The van der Waals surface area contributed by atoms with Crippen molar-refractivity contribution in [1.82, 2.24) is 0 Å². The quantitative estimate of drug-likeness (QED) is 0.121. The molecule has 0 nitrogen and oxygen atoms in total. The number of halogens is 27. The van der Waals surface area contributed by atoms with Crippen LogP contribution in [0.4, 0.5) is 114 Å². The summed E-state index contributed by atoms with van der Waals surface area (Å²) in [6.07, 6.45) is -21.7. The second kappa shape index (κ2) is 11.8. The fourth-order valence-electron chi connectivity index (χ4n) is 2.63. The fraction of sp³-hybridized carbons (Fsp3) is 1.00. The Balaban J connectivity index is 6.00. The van der Waals surface area contributed by atoms with Gasteiger partial charge in [0.05, 0.1) is 0 Å². The summed E-state index contributed by atoms with van der Waals surface area (Å²) in [4.78, 5) is 0. The molecule has 0 bridgehead atoms. The molecule has 0 aliphatic heterocycles. The van der Waals surface area contributed by atoms with Crippen molar-refractivity contribution in [2.75, 3.05) is 0 Å².